The van der Waals surface area contributed by atoms with E-state index in [-0.39, 0.29) is 5.69 Å². The van der Waals surface area contributed by atoms with Crippen LogP contribution < -0.4 is 5.32 Å². The molecule has 0 spiro atoms. The largest absolute Gasteiger partial charge is 0.463 e. The number of carbonyl (C=O) groups excluding carboxylic acids is 1. The fraction of sp³-hybridized carbons (Fsp3) is 0.300. The Morgan fingerprint density at radius 2 is 1.78 bits per heavy atom. The minimum Gasteiger partial charge on any atom is -0.320 e. The van der Waals surface area contributed by atoms with Crippen molar-refractivity contribution in [2.24, 2.45) is 0 Å². The average molecular weight is 379 g/mol. The van der Waals surface area contributed by atoms with Crippen LogP contribution in [0.4, 0.5) is 27.6 Å². The summed E-state index contributed by atoms with van der Waals surface area (Å²) in [5, 5.41) is 1.57. The van der Waals surface area contributed by atoms with Crippen molar-refractivity contribution in [3.05, 3.63) is 27.3 Å². The van der Waals surface area contributed by atoms with E-state index in [2.05, 4.69) is 0 Å². The van der Waals surface area contributed by atoms with Crippen LogP contribution in [0.15, 0.2) is 18.2 Å². The molecular weight excluding hydrogens is 372 g/mol. The monoisotopic (exact) mass is 379 g/mol. The molecule has 1 amide bonds. The molecule has 2 nitrogen and oxygen atoms in total. The molecule has 0 radical (unpaired) electrons. The normalized spacial score (nSPS) is 12.4. The predicted octanol–water partition coefficient (Wildman–Crippen LogP) is 3.74. The lowest BCUT2D eigenvalue weighted by atomic mass is 10.2. The van der Waals surface area contributed by atoms with Gasteiger partial charge in [-0.2, -0.15) is 22.0 Å². The van der Waals surface area contributed by atoms with Gasteiger partial charge in [-0.3, -0.25) is 4.79 Å². The van der Waals surface area contributed by atoms with Crippen LogP contribution in [0, 0.1) is 10.5 Å². The molecule has 0 bridgehead atoms. The Morgan fingerprint density at radius 3 is 2.22 bits per heavy atom. The first kappa shape index (κ1) is 15.1. The average Bonchev–Trinajstić information content (AvgIpc) is 2.20. The highest BCUT2D eigenvalue weighted by atomic mass is 127. The van der Waals surface area contributed by atoms with Crippen molar-refractivity contribution in [2.45, 2.75) is 19.0 Å². The number of benzene rings is 1. The number of alkyl halides is 5. The Hall–Kier alpha value is -0.930. The van der Waals surface area contributed by atoms with Gasteiger partial charge in [-0.15, -0.1) is 0 Å². The topological polar surface area (TPSA) is 29.1 Å². The number of carbonyl (C=O) groups is 1. The van der Waals surface area contributed by atoms with Gasteiger partial charge in [-0.1, -0.05) is 6.07 Å². The third-order valence-corrected chi connectivity index (χ3v) is 2.91. The van der Waals surface area contributed by atoms with Gasteiger partial charge in [-0.25, -0.2) is 0 Å². The zero-order valence-electron chi connectivity index (χ0n) is 8.91. The fourth-order valence-corrected chi connectivity index (χ4v) is 1.86. The van der Waals surface area contributed by atoms with Crippen LogP contribution >= 0.6 is 22.6 Å². The summed E-state index contributed by atoms with van der Waals surface area (Å²) in [6.07, 6.45) is -5.91. The van der Waals surface area contributed by atoms with Gasteiger partial charge in [0.15, 0.2) is 0 Å². The molecule has 0 aliphatic heterocycles. The zero-order chi connectivity index (χ0) is 14.1. The van der Waals surface area contributed by atoms with E-state index in [1.54, 1.807) is 40.9 Å². The van der Waals surface area contributed by atoms with Crippen molar-refractivity contribution < 1.29 is 26.7 Å². The zero-order valence-corrected chi connectivity index (χ0v) is 11.1. The van der Waals surface area contributed by atoms with Gasteiger partial charge < -0.3 is 5.32 Å². The summed E-state index contributed by atoms with van der Waals surface area (Å²) >= 11 is 1.73. The van der Waals surface area contributed by atoms with Crippen LogP contribution in [0.1, 0.15) is 5.56 Å². The maximum absolute atomic E-state index is 12.7. The number of rotatable bonds is 2. The number of hydrogen-bond acceptors (Lipinski definition) is 1. The van der Waals surface area contributed by atoms with Crippen LogP contribution in [-0.2, 0) is 4.79 Å². The molecule has 0 heterocycles. The second-order valence-electron chi connectivity index (χ2n) is 3.51. The molecule has 0 aliphatic rings. The van der Waals surface area contributed by atoms with Crippen molar-refractivity contribution in [2.75, 3.05) is 5.32 Å². The second-order valence-corrected chi connectivity index (χ2v) is 4.67. The summed E-state index contributed by atoms with van der Waals surface area (Å²) in [6, 6.07) is 4.30. The Bertz CT molecular complexity index is 472. The van der Waals surface area contributed by atoms with Gasteiger partial charge in [0, 0.05) is 3.57 Å². The summed E-state index contributed by atoms with van der Waals surface area (Å²) < 4.78 is 61.6. The summed E-state index contributed by atoms with van der Waals surface area (Å²) in [7, 11) is 0. The Kier molecular flexibility index (Phi) is 4.19. The van der Waals surface area contributed by atoms with Gasteiger partial charge >= 0.3 is 18.0 Å². The summed E-state index contributed by atoms with van der Waals surface area (Å²) in [5.41, 5.74) is 0.704. The SMILES string of the molecule is Cc1ccc(NC(=O)C(F)(F)C(F)(F)F)c(I)c1. The number of amides is 1. The van der Waals surface area contributed by atoms with Gasteiger partial charge in [0.2, 0.25) is 0 Å². The maximum atomic E-state index is 12.7. The van der Waals surface area contributed by atoms with E-state index in [1.165, 1.54) is 12.1 Å². The first-order valence-electron chi connectivity index (χ1n) is 4.58. The summed E-state index contributed by atoms with van der Waals surface area (Å²) in [4.78, 5) is 10.9. The summed E-state index contributed by atoms with van der Waals surface area (Å²) in [6.45, 7) is 1.72. The van der Waals surface area contributed by atoms with Gasteiger partial charge in [-0.05, 0) is 47.2 Å². The molecule has 0 saturated carbocycles. The Morgan fingerprint density at radius 1 is 1.22 bits per heavy atom. The van der Waals surface area contributed by atoms with E-state index in [0.29, 0.717) is 3.57 Å². The lowest BCUT2D eigenvalue weighted by Gasteiger charge is -2.19. The van der Waals surface area contributed by atoms with E-state index in [9.17, 15) is 26.7 Å². The Labute approximate surface area is 113 Å². The van der Waals surface area contributed by atoms with Crippen molar-refractivity contribution in [1.29, 1.82) is 0 Å². The Balaban J connectivity index is 2.95. The molecule has 18 heavy (non-hydrogen) atoms. The first-order valence-corrected chi connectivity index (χ1v) is 5.65. The maximum Gasteiger partial charge on any atom is 0.463 e. The van der Waals surface area contributed by atoms with Gasteiger partial charge in [0.1, 0.15) is 0 Å². The molecule has 8 heteroatoms. The van der Waals surface area contributed by atoms with E-state index in [0.717, 1.165) is 5.56 Å². The number of halogens is 6. The number of nitrogens with one attached hydrogen (secondary N) is 1. The minimum atomic E-state index is -5.91. The highest BCUT2D eigenvalue weighted by molar-refractivity contribution is 14.1. The molecule has 1 aromatic rings. The number of anilines is 1. The third kappa shape index (κ3) is 3.09. The van der Waals surface area contributed by atoms with Crippen molar-refractivity contribution in [3.8, 4) is 0 Å². The molecule has 1 N–H and O–H groups in total. The predicted molar refractivity (Wildman–Crippen MR) is 63.5 cm³/mol. The smallest absolute Gasteiger partial charge is 0.320 e. The molecule has 0 unspecified atom stereocenters. The highest BCUT2D eigenvalue weighted by Gasteiger charge is 2.63. The van der Waals surface area contributed by atoms with Crippen molar-refractivity contribution >= 4 is 34.2 Å². The molecule has 0 atom stereocenters. The third-order valence-electron chi connectivity index (χ3n) is 2.01. The second kappa shape index (κ2) is 4.98. The van der Waals surface area contributed by atoms with Gasteiger partial charge in [0.25, 0.3) is 0 Å². The molecule has 0 aromatic heterocycles. The quantitative estimate of drug-likeness (QED) is 0.616. The standard InChI is InChI=1S/C10H7F5INO/c1-5-2-3-7(6(16)4-5)17-8(18)9(11,12)10(13,14)15/h2-4H,1H3,(H,17,18). The van der Waals surface area contributed by atoms with Crippen LogP contribution in [0.5, 0.6) is 0 Å². The van der Waals surface area contributed by atoms with Crippen LogP contribution in [0.3, 0.4) is 0 Å². The van der Waals surface area contributed by atoms with E-state index >= 15 is 0 Å². The molecule has 0 aliphatic carbocycles. The van der Waals surface area contributed by atoms with Crippen LogP contribution in [-0.4, -0.2) is 18.0 Å². The van der Waals surface area contributed by atoms with Crippen molar-refractivity contribution in [3.63, 3.8) is 0 Å². The molecule has 1 rings (SSSR count). The molecule has 1 aromatic carbocycles. The molecule has 100 valence electrons. The fourth-order valence-electron chi connectivity index (χ4n) is 1.05. The molecule has 0 saturated heterocycles. The number of aryl methyl sites for hydroxylation is 1. The molecule has 0 fully saturated rings. The van der Waals surface area contributed by atoms with Gasteiger partial charge in [0.05, 0.1) is 5.69 Å². The van der Waals surface area contributed by atoms with Crippen LogP contribution in [0.2, 0.25) is 0 Å². The summed E-state index contributed by atoms with van der Waals surface area (Å²) in [5.74, 6) is -7.81. The van der Waals surface area contributed by atoms with E-state index in [1.807, 2.05) is 0 Å². The van der Waals surface area contributed by atoms with Crippen molar-refractivity contribution in [1.82, 2.24) is 0 Å². The van der Waals surface area contributed by atoms with E-state index < -0.39 is 18.0 Å². The highest BCUT2D eigenvalue weighted by Crippen LogP contribution is 2.36. The minimum absolute atomic E-state index is 0.0878. The lowest BCUT2D eigenvalue weighted by molar-refractivity contribution is -0.267. The lowest BCUT2D eigenvalue weighted by Crippen LogP contribution is -2.47. The van der Waals surface area contributed by atoms with E-state index in [4.69, 9.17) is 0 Å². The van der Waals surface area contributed by atoms with Crippen LogP contribution in [0.25, 0.3) is 0 Å². The molecular formula is C10H7F5INO. The first-order chi connectivity index (χ1) is 8.05. The number of hydrogen-bond donors (Lipinski definition) is 1.